The smallest absolute Gasteiger partial charge is 0.248 e. The molecule has 0 radical (unpaired) electrons. The van der Waals surface area contributed by atoms with Gasteiger partial charge in [-0.05, 0) is 26.7 Å². The second kappa shape index (κ2) is 3.47. The minimum atomic E-state index is -0.755. The Morgan fingerprint density at radius 2 is 1.69 bits per heavy atom. The third-order valence-electron chi connectivity index (χ3n) is 4.01. The highest BCUT2D eigenvalue weighted by Crippen LogP contribution is 2.37. The van der Waals surface area contributed by atoms with Crippen LogP contribution in [0.3, 0.4) is 0 Å². The average molecular weight is 224 g/mol. The molecule has 2 amide bonds. The third kappa shape index (κ3) is 1.43. The van der Waals surface area contributed by atoms with Gasteiger partial charge in [0.15, 0.2) is 0 Å². The summed E-state index contributed by atoms with van der Waals surface area (Å²) < 4.78 is 0. The monoisotopic (exact) mass is 224 g/mol. The van der Waals surface area contributed by atoms with Crippen LogP contribution in [0.25, 0.3) is 0 Å². The van der Waals surface area contributed by atoms with Crippen molar-refractivity contribution in [3.05, 3.63) is 0 Å². The molecule has 1 spiro atoms. The van der Waals surface area contributed by atoms with Crippen LogP contribution in [0, 0.1) is 0 Å². The highest BCUT2D eigenvalue weighted by atomic mass is 16.2. The number of carbonyl (C=O) groups excluding carboxylic acids is 2. The summed E-state index contributed by atoms with van der Waals surface area (Å²) in [6, 6.07) is 0. The molecule has 1 N–H and O–H groups in total. The van der Waals surface area contributed by atoms with Crippen LogP contribution in [0.1, 0.15) is 46.0 Å². The zero-order valence-corrected chi connectivity index (χ0v) is 10.3. The standard InChI is InChI=1S/C12H20N2O2/c1-11(2)10(16)14(3)12(9(15)13-11)7-5-4-6-8-12/h4-8H2,1-3H3,(H,13,15). The lowest BCUT2D eigenvalue weighted by Crippen LogP contribution is -2.73. The molecule has 1 aliphatic heterocycles. The molecule has 0 unspecified atom stereocenters. The summed E-state index contributed by atoms with van der Waals surface area (Å²) in [5, 5.41) is 2.87. The highest BCUT2D eigenvalue weighted by molar-refractivity contribution is 6.01. The molecule has 4 heteroatoms. The molecule has 90 valence electrons. The fourth-order valence-electron chi connectivity index (χ4n) is 2.92. The van der Waals surface area contributed by atoms with Gasteiger partial charge in [-0.15, -0.1) is 0 Å². The summed E-state index contributed by atoms with van der Waals surface area (Å²) in [6.07, 6.45) is 4.84. The fourth-order valence-corrected chi connectivity index (χ4v) is 2.92. The molecule has 4 nitrogen and oxygen atoms in total. The average Bonchev–Trinajstić information content (AvgIpc) is 2.25. The van der Waals surface area contributed by atoms with Crippen molar-refractivity contribution >= 4 is 11.8 Å². The van der Waals surface area contributed by atoms with Crippen LogP contribution in [0.15, 0.2) is 0 Å². The van der Waals surface area contributed by atoms with E-state index in [0.717, 1.165) is 25.7 Å². The zero-order valence-electron chi connectivity index (χ0n) is 10.3. The van der Waals surface area contributed by atoms with Gasteiger partial charge >= 0.3 is 0 Å². The molecule has 16 heavy (non-hydrogen) atoms. The summed E-state index contributed by atoms with van der Waals surface area (Å²) in [4.78, 5) is 26.1. The van der Waals surface area contributed by atoms with Crippen molar-refractivity contribution in [1.82, 2.24) is 10.2 Å². The SMILES string of the molecule is CN1C(=O)C(C)(C)NC(=O)C12CCCCC2. The normalized spacial score (nSPS) is 28.1. The summed E-state index contributed by atoms with van der Waals surface area (Å²) >= 11 is 0. The van der Waals surface area contributed by atoms with Gasteiger partial charge in [0.05, 0.1) is 0 Å². The number of carbonyl (C=O) groups is 2. The van der Waals surface area contributed by atoms with Crippen molar-refractivity contribution < 1.29 is 9.59 Å². The molecule has 0 aromatic rings. The van der Waals surface area contributed by atoms with E-state index in [9.17, 15) is 9.59 Å². The number of rotatable bonds is 0. The van der Waals surface area contributed by atoms with Gasteiger partial charge in [-0.3, -0.25) is 9.59 Å². The van der Waals surface area contributed by atoms with E-state index in [4.69, 9.17) is 0 Å². The summed E-state index contributed by atoms with van der Waals surface area (Å²) in [7, 11) is 1.77. The maximum atomic E-state index is 12.2. The van der Waals surface area contributed by atoms with Gasteiger partial charge in [-0.25, -0.2) is 0 Å². The quantitative estimate of drug-likeness (QED) is 0.668. The largest absolute Gasteiger partial charge is 0.340 e. The molecule has 0 bridgehead atoms. The van der Waals surface area contributed by atoms with Crippen LogP contribution < -0.4 is 5.32 Å². The fraction of sp³-hybridized carbons (Fsp3) is 0.833. The molecular formula is C12H20N2O2. The third-order valence-corrected chi connectivity index (χ3v) is 4.01. The molecule has 2 fully saturated rings. The van der Waals surface area contributed by atoms with Crippen molar-refractivity contribution in [2.45, 2.75) is 57.0 Å². The van der Waals surface area contributed by atoms with Crippen LogP contribution in [-0.4, -0.2) is 34.8 Å². The number of amides is 2. The van der Waals surface area contributed by atoms with E-state index >= 15 is 0 Å². The second-order valence-electron chi connectivity index (χ2n) is 5.54. The van der Waals surface area contributed by atoms with Gasteiger partial charge in [-0.2, -0.15) is 0 Å². The van der Waals surface area contributed by atoms with Crippen molar-refractivity contribution in [1.29, 1.82) is 0 Å². The lowest BCUT2D eigenvalue weighted by atomic mass is 9.76. The Morgan fingerprint density at radius 1 is 1.12 bits per heavy atom. The lowest BCUT2D eigenvalue weighted by Gasteiger charge is -2.50. The summed E-state index contributed by atoms with van der Waals surface area (Å²) in [5.41, 5.74) is -1.32. The van der Waals surface area contributed by atoms with Crippen molar-refractivity contribution in [3.63, 3.8) is 0 Å². The lowest BCUT2D eigenvalue weighted by molar-refractivity contribution is -0.161. The summed E-state index contributed by atoms with van der Waals surface area (Å²) in [5.74, 6) is 0.0494. The molecule has 2 rings (SSSR count). The molecule has 0 atom stereocenters. The number of hydrogen-bond donors (Lipinski definition) is 1. The van der Waals surface area contributed by atoms with E-state index in [-0.39, 0.29) is 11.8 Å². The van der Waals surface area contributed by atoms with Gasteiger partial charge in [0.2, 0.25) is 11.8 Å². The van der Waals surface area contributed by atoms with Crippen LogP contribution in [-0.2, 0) is 9.59 Å². The first-order valence-corrected chi connectivity index (χ1v) is 6.01. The van der Waals surface area contributed by atoms with Gasteiger partial charge in [-0.1, -0.05) is 19.3 Å². The molecule has 1 aliphatic carbocycles. The van der Waals surface area contributed by atoms with Gasteiger partial charge < -0.3 is 10.2 Å². The van der Waals surface area contributed by atoms with Crippen molar-refractivity contribution in [3.8, 4) is 0 Å². The van der Waals surface area contributed by atoms with E-state index < -0.39 is 11.1 Å². The minimum absolute atomic E-state index is 0.0222. The van der Waals surface area contributed by atoms with E-state index in [1.165, 1.54) is 6.42 Å². The van der Waals surface area contributed by atoms with E-state index in [0.29, 0.717) is 0 Å². The first kappa shape index (κ1) is 11.4. The Balaban J connectivity index is 2.33. The number of piperazine rings is 1. The first-order valence-electron chi connectivity index (χ1n) is 6.01. The highest BCUT2D eigenvalue weighted by Gasteiger charge is 2.53. The van der Waals surface area contributed by atoms with Crippen LogP contribution in [0.4, 0.5) is 0 Å². The first-order chi connectivity index (χ1) is 7.40. The molecule has 0 aromatic carbocycles. The molecule has 0 aromatic heterocycles. The molecule has 2 aliphatic rings. The van der Waals surface area contributed by atoms with E-state index in [1.807, 2.05) is 0 Å². The zero-order chi connectivity index (χ0) is 12.0. The van der Waals surface area contributed by atoms with Crippen molar-refractivity contribution in [2.24, 2.45) is 0 Å². The Labute approximate surface area is 96.4 Å². The second-order valence-corrected chi connectivity index (χ2v) is 5.54. The Bertz CT molecular complexity index is 330. The number of hydrogen-bond acceptors (Lipinski definition) is 2. The maximum absolute atomic E-state index is 12.2. The van der Waals surface area contributed by atoms with Crippen molar-refractivity contribution in [2.75, 3.05) is 7.05 Å². The predicted octanol–water partition coefficient (Wildman–Crippen LogP) is 1.06. The van der Waals surface area contributed by atoms with Crippen LogP contribution in [0.2, 0.25) is 0 Å². The Hall–Kier alpha value is -1.06. The Kier molecular flexibility index (Phi) is 2.48. The van der Waals surface area contributed by atoms with Gasteiger partial charge in [0, 0.05) is 7.05 Å². The van der Waals surface area contributed by atoms with Gasteiger partial charge in [0.1, 0.15) is 11.1 Å². The van der Waals surface area contributed by atoms with E-state index in [2.05, 4.69) is 5.32 Å². The maximum Gasteiger partial charge on any atom is 0.248 e. The topological polar surface area (TPSA) is 49.4 Å². The molecule has 1 heterocycles. The number of nitrogens with one attached hydrogen (secondary N) is 1. The molecule has 1 saturated heterocycles. The minimum Gasteiger partial charge on any atom is -0.340 e. The number of likely N-dealkylation sites (N-methyl/N-ethyl adjacent to an activating group) is 1. The Morgan fingerprint density at radius 3 is 2.25 bits per heavy atom. The van der Waals surface area contributed by atoms with Crippen LogP contribution >= 0.6 is 0 Å². The van der Waals surface area contributed by atoms with E-state index in [1.54, 1.807) is 25.8 Å². The van der Waals surface area contributed by atoms with Gasteiger partial charge in [0.25, 0.3) is 0 Å². The molecular weight excluding hydrogens is 204 g/mol. The predicted molar refractivity (Wildman–Crippen MR) is 60.8 cm³/mol. The summed E-state index contributed by atoms with van der Waals surface area (Å²) in [6.45, 7) is 3.53. The number of nitrogens with zero attached hydrogens (tertiary/aromatic N) is 1. The molecule has 1 saturated carbocycles. The van der Waals surface area contributed by atoms with Crippen LogP contribution in [0.5, 0.6) is 0 Å².